The van der Waals surface area contributed by atoms with Crippen molar-refractivity contribution in [2.45, 2.75) is 12.8 Å². The first-order valence-electron chi connectivity index (χ1n) is 7.04. The van der Waals surface area contributed by atoms with Crippen LogP contribution < -0.4 is 0 Å². The van der Waals surface area contributed by atoms with E-state index < -0.39 is 0 Å². The van der Waals surface area contributed by atoms with Gasteiger partial charge in [-0.2, -0.15) is 0 Å². The molecule has 1 unspecified atom stereocenters. The molecule has 0 aromatic heterocycles. The monoisotopic (exact) mass is 292 g/mol. The Morgan fingerprint density at radius 3 is 2.29 bits per heavy atom. The Morgan fingerprint density at radius 1 is 1.19 bits per heavy atom. The topological polar surface area (TPSA) is 49.9 Å². The summed E-state index contributed by atoms with van der Waals surface area (Å²) in [5.41, 5.74) is 0.903. The van der Waals surface area contributed by atoms with E-state index in [-0.39, 0.29) is 17.8 Å². The van der Waals surface area contributed by atoms with Crippen molar-refractivity contribution in [3.63, 3.8) is 0 Å². The first-order chi connectivity index (χ1) is 9.99. The van der Waals surface area contributed by atoms with Crippen molar-refractivity contribution in [2.75, 3.05) is 40.8 Å². The maximum Gasteiger partial charge on any atom is 0.314 e. The van der Waals surface area contributed by atoms with E-state index in [4.69, 9.17) is 4.74 Å². The van der Waals surface area contributed by atoms with Gasteiger partial charge in [0, 0.05) is 20.6 Å². The van der Waals surface area contributed by atoms with Gasteiger partial charge in [-0.25, -0.2) is 0 Å². The van der Waals surface area contributed by atoms with Crippen LogP contribution in [0.3, 0.4) is 0 Å². The highest BCUT2D eigenvalue weighted by Crippen LogP contribution is 2.18. The van der Waals surface area contributed by atoms with E-state index in [2.05, 4.69) is 0 Å². The predicted molar refractivity (Wildman–Crippen MR) is 82.0 cm³/mol. The van der Waals surface area contributed by atoms with Crippen LogP contribution >= 0.6 is 0 Å². The Hall–Kier alpha value is -1.88. The minimum atomic E-state index is -0.383. The fourth-order valence-electron chi connectivity index (χ4n) is 2.04. The molecule has 0 bridgehead atoms. The average molecular weight is 292 g/mol. The maximum absolute atomic E-state index is 12.0. The molecular formula is C16H24N2O3. The molecule has 0 fully saturated rings. The highest BCUT2D eigenvalue weighted by molar-refractivity contribution is 5.79. The summed E-state index contributed by atoms with van der Waals surface area (Å²) in [6.45, 7) is 3.43. The van der Waals surface area contributed by atoms with Crippen molar-refractivity contribution >= 4 is 11.9 Å². The standard InChI is InChI=1S/C16H24N2O3/c1-5-18(12-15(19)17(2)3)11-14(16(20)21-4)13-9-7-6-8-10-13/h6-10,14H,5,11-12H2,1-4H3. The number of likely N-dealkylation sites (N-methyl/N-ethyl adjacent to an activating group) is 2. The predicted octanol–water partition coefficient (Wildman–Crippen LogP) is 1.35. The molecule has 1 amide bonds. The molecule has 0 aliphatic heterocycles. The summed E-state index contributed by atoms with van der Waals surface area (Å²) >= 11 is 0. The lowest BCUT2D eigenvalue weighted by atomic mass is 9.98. The van der Waals surface area contributed by atoms with Gasteiger partial charge in [-0.05, 0) is 12.1 Å². The second kappa shape index (κ2) is 8.42. The summed E-state index contributed by atoms with van der Waals surface area (Å²) in [5.74, 6) is -0.642. The van der Waals surface area contributed by atoms with Crippen LogP contribution in [0.4, 0.5) is 0 Å². The van der Waals surface area contributed by atoms with E-state index in [1.807, 2.05) is 42.2 Å². The zero-order chi connectivity index (χ0) is 15.8. The second-order valence-electron chi connectivity index (χ2n) is 5.10. The van der Waals surface area contributed by atoms with E-state index >= 15 is 0 Å². The van der Waals surface area contributed by atoms with Crippen LogP contribution in [-0.4, -0.2) is 62.5 Å². The number of nitrogens with zero attached hydrogens (tertiary/aromatic N) is 2. The first-order valence-corrected chi connectivity index (χ1v) is 7.04. The molecule has 0 spiro atoms. The van der Waals surface area contributed by atoms with Crippen molar-refractivity contribution < 1.29 is 14.3 Å². The summed E-state index contributed by atoms with van der Waals surface area (Å²) in [4.78, 5) is 27.4. The Bertz CT molecular complexity index is 460. The van der Waals surface area contributed by atoms with Crippen LogP contribution in [0.1, 0.15) is 18.4 Å². The van der Waals surface area contributed by atoms with Crippen molar-refractivity contribution in [2.24, 2.45) is 0 Å². The lowest BCUT2D eigenvalue weighted by Gasteiger charge is -2.26. The molecule has 0 aliphatic carbocycles. The molecule has 1 aromatic rings. The van der Waals surface area contributed by atoms with E-state index in [9.17, 15) is 9.59 Å². The SMILES string of the molecule is CCN(CC(=O)N(C)C)CC(C(=O)OC)c1ccccc1. The Kier molecular flexibility index (Phi) is 6.88. The minimum Gasteiger partial charge on any atom is -0.469 e. The minimum absolute atomic E-state index is 0.0218. The fourth-order valence-corrected chi connectivity index (χ4v) is 2.04. The van der Waals surface area contributed by atoms with Crippen molar-refractivity contribution in [3.05, 3.63) is 35.9 Å². The fraction of sp³-hybridized carbons (Fsp3) is 0.500. The molecule has 0 aliphatic rings. The smallest absolute Gasteiger partial charge is 0.314 e. The van der Waals surface area contributed by atoms with Gasteiger partial charge in [0.15, 0.2) is 0 Å². The van der Waals surface area contributed by atoms with Gasteiger partial charge in [-0.15, -0.1) is 0 Å². The number of esters is 1. The van der Waals surface area contributed by atoms with Gasteiger partial charge in [0.2, 0.25) is 5.91 Å². The molecule has 1 aromatic carbocycles. The molecule has 116 valence electrons. The van der Waals surface area contributed by atoms with E-state index in [1.165, 1.54) is 7.11 Å². The highest BCUT2D eigenvalue weighted by Gasteiger charge is 2.24. The van der Waals surface area contributed by atoms with Crippen LogP contribution in [0, 0.1) is 0 Å². The van der Waals surface area contributed by atoms with Gasteiger partial charge in [0.05, 0.1) is 19.6 Å². The number of methoxy groups -OCH3 is 1. The van der Waals surface area contributed by atoms with Gasteiger partial charge >= 0.3 is 5.97 Å². The van der Waals surface area contributed by atoms with E-state index in [0.29, 0.717) is 19.6 Å². The molecule has 5 nitrogen and oxygen atoms in total. The largest absolute Gasteiger partial charge is 0.469 e. The molecular weight excluding hydrogens is 268 g/mol. The molecule has 1 atom stereocenters. The quantitative estimate of drug-likeness (QED) is 0.712. The molecule has 5 heteroatoms. The van der Waals surface area contributed by atoms with E-state index in [1.54, 1.807) is 19.0 Å². The van der Waals surface area contributed by atoms with Crippen molar-refractivity contribution in [3.8, 4) is 0 Å². The summed E-state index contributed by atoms with van der Waals surface area (Å²) < 4.78 is 4.90. The number of hydrogen-bond acceptors (Lipinski definition) is 4. The molecule has 21 heavy (non-hydrogen) atoms. The number of amides is 1. The van der Waals surface area contributed by atoms with E-state index in [0.717, 1.165) is 5.56 Å². The van der Waals surface area contributed by atoms with Crippen LogP contribution in [-0.2, 0) is 14.3 Å². The summed E-state index contributed by atoms with van der Waals surface area (Å²) in [6.07, 6.45) is 0. The number of ether oxygens (including phenoxy) is 1. The Balaban J connectivity index is 2.84. The lowest BCUT2D eigenvalue weighted by Crippen LogP contribution is -2.40. The Labute approximate surface area is 126 Å². The summed E-state index contributed by atoms with van der Waals surface area (Å²) in [7, 11) is 4.84. The zero-order valence-corrected chi connectivity index (χ0v) is 13.2. The Morgan fingerprint density at radius 2 is 1.81 bits per heavy atom. The van der Waals surface area contributed by atoms with Gasteiger partial charge in [0.25, 0.3) is 0 Å². The average Bonchev–Trinajstić information content (AvgIpc) is 2.51. The lowest BCUT2D eigenvalue weighted by molar-refractivity contribution is -0.143. The van der Waals surface area contributed by atoms with Gasteiger partial charge in [-0.1, -0.05) is 37.3 Å². The van der Waals surface area contributed by atoms with Crippen LogP contribution in [0.25, 0.3) is 0 Å². The van der Waals surface area contributed by atoms with Gasteiger partial charge < -0.3 is 9.64 Å². The summed E-state index contributed by atoms with van der Waals surface area (Å²) in [5, 5.41) is 0. The van der Waals surface area contributed by atoms with Gasteiger partial charge in [0.1, 0.15) is 0 Å². The normalized spacial score (nSPS) is 12.0. The van der Waals surface area contributed by atoms with Crippen LogP contribution in [0.2, 0.25) is 0 Å². The highest BCUT2D eigenvalue weighted by atomic mass is 16.5. The third-order valence-corrected chi connectivity index (χ3v) is 3.43. The van der Waals surface area contributed by atoms with Crippen molar-refractivity contribution in [1.82, 2.24) is 9.80 Å². The third-order valence-electron chi connectivity index (χ3n) is 3.43. The third kappa shape index (κ3) is 5.19. The molecule has 0 heterocycles. The second-order valence-corrected chi connectivity index (χ2v) is 5.10. The maximum atomic E-state index is 12.0. The number of hydrogen-bond donors (Lipinski definition) is 0. The zero-order valence-electron chi connectivity index (χ0n) is 13.2. The summed E-state index contributed by atoms with van der Waals surface area (Å²) in [6, 6.07) is 9.51. The van der Waals surface area contributed by atoms with Crippen LogP contribution in [0.5, 0.6) is 0 Å². The molecule has 0 N–H and O–H groups in total. The molecule has 0 saturated heterocycles. The molecule has 1 rings (SSSR count). The van der Waals surface area contributed by atoms with Gasteiger partial charge in [-0.3, -0.25) is 14.5 Å². The number of rotatable bonds is 7. The van der Waals surface area contributed by atoms with Crippen LogP contribution in [0.15, 0.2) is 30.3 Å². The number of benzene rings is 1. The number of carbonyl (C=O) groups excluding carboxylic acids is 2. The van der Waals surface area contributed by atoms with Crippen molar-refractivity contribution in [1.29, 1.82) is 0 Å². The number of carbonyl (C=O) groups is 2. The first kappa shape index (κ1) is 17.2. The molecule has 0 saturated carbocycles. The molecule has 0 radical (unpaired) electrons.